The van der Waals surface area contributed by atoms with Gasteiger partial charge in [0.2, 0.25) is 0 Å². The molecule has 0 N–H and O–H groups in total. The van der Waals surface area contributed by atoms with Gasteiger partial charge in [0.25, 0.3) is 5.91 Å². The molecule has 0 aliphatic carbocycles. The molecule has 0 saturated carbocycles. The summed E-state index contributed by atoms with van der Waals surface area (Å²) in [5.41, 5.74) is 1.64. The van der Waals surface area contributed by atoms with Gasteiger partial charge in [-0.2, -0.15) is 0 Å². The van der Waals surface area contributed by atoms with Crippen LogP contribution in [-0.4, -0.2) is 53.8 Å². The molecule has 2 heterocycles. The Morgan fingerprint density at radius 3 is 2.02 bits per heavy atom. The van der Waals surface area contributed by atoms with E-state index in [9.17, 15) is 14.4 Å². The van der Waals surface area contributed by atoms with E-state index in [2.05, 4.69) is 4.90 Å². The van der Waals surface area contributed by atoms with Gasteiger partial charge in [-0.05, 0) is 75.6 Å². The van der Waals surface area contributed by atoms with Gasteiger partial charge in [-0.1, -0.05) is 48.5 Å². The third-order valence-electron chi connectivity index (χ3n) is 7.38. The van der Waals surface area contributed by atoms with Crippen molar-refractivity contribution in [2.45, 2.75) is 51.4 Å². The van der Waals surface area contributed by atoms with Crippen LogP contribution in [0.4, 0.5) is 16.2 Å². The number of amides is 2. The van der Waals surface area contributed by atoms with Gasteiger partial charge in [-0.3, -0.25) is 9.69 Å². The molecule has 0 unspecified atom stereocenters. The second-order valence-corrected chi connectivity index (χ2v) is 11.2. The monoisotopic (exact) mass is 541 g/mol. The predicted octanol–water partition coefficient (Wildman–Crippen LogP) is 5.62. The van der Waals surface area contributed by atoms with Gasteiger partial charge < -0.3 is 19.3 Å². The minimum atomic E-state index is -0.790. The van der Waals surface area contributed by atoms with Crippen molar-refractivity contribution in [2.75, 3.05) is 29.6 Å². The second-order valence-electron chi connectivity index (χ2n) is 11.2. The number of para-hydroxylation sites is 1. The number of piperidine rings is 1. The first-order valence-corrected chi connectivity index (χ1v) is 13.6. The largest absolute Gasteiger partial charge is 0.456 e. The summed E-state index contributed by atoms with van der Waals surface area (Å²) in [7, 11) is 0. The van der Waals surface area contributed by atoms with Crippen LogP contribution in [0.2, 0.25) is 0 Å². The van der Waals surface area contributed by atoms with E-state index in [1.807, 2.05) is 81.4 Å². The second kappa shape index (κ2) is 11.0. The molecule has 3 aromatic carbocycles. The summed E-state index contributed by atoms with van der Waals surface area (Å²) in [6.45, 7) is 6.88. The Labute approximate surface area is 235 Å². The van der Waals surface area contributed by atoms with Crippen molar-refractivity contribution >= 4 is 29.3 Å². The zero-order valence-corrected chi connectivity index (χ0v) is 23.2. The molecule has 2 aliphatic heterocycles. The number of carbonyl (C=O) groups excluding carboxylic acids is 3. The fraction of sp³-hybridized carbons (Fsp3) is 0.344. The summed E-state index contributed by atoms with van der Waals surface area (Å²) in [5, 5.41) is 0. The van der Waals surface area contributed by atoms with Gasteiger partial charge in [0, 0.05) is 24.5 Å². The topological polar surface area (TPSA) is 79.4 Å². The van der Waals surface area contributed by atoms with Crippen molar-refractivity contribution in [1.29, 1.82) is 0 Å². The fourth-order valence-corrected chi connectivity index (χ4v) is 5.31. The lowest BCUT2D eigenvalue weighted by molar-refractivity contribution is -0.123. The van der Waals surface area contributed by atoms with Crippen molar-refractivity contribution in [1.82, 2.24) is 4.90 Å². The molecule has 0 bridgehead atoms. The normalized spacial score (nSPS) is 16.8. The molecule has 208 valence electrons. The number of esters is 1. The van der Waals surface area contributed by atoms with Crippen LogP contribution < -0.4 is 9.80 Å². The van der Waals surface area contributed by atoms with Gasteiger partial charge in [0.05, 0.1) is 12.2 Å². The van der Waals surface area contributed by atoms with Crippen LogP contribution in [0.15, 0.2) is 84.9 Å². The number of ether oxygens (including phenoxy) is 2. The summed E-state index contributed by atoms with van der Waals surface area (Å²) >= 11 is 0. The zero-order chi connectivity index (χ0) is 28.3. The van der Waals surface area contributed by atoms with E-state index in [-0.39, 0.29) is 18.6 Å². The SMILES string of the molecule is CC(C)(C)OC(=O)c1ccc(N2CN(c3ccccc3)C3(CCN(C(=O)OCc4ccccc4)CC3)C2=O)cc1. The molecule has 1 spiro atoms. The highest BCUT2D eigenvalue weighted by Crippen LogP contribution is 2.41. The van der Waals surface area contributed by atoms with Crippen LogP contribution in [0.25, 0.3) is 0 Å². The molecule has 2 saturated heterocycles. The van der Waals surface area contributed by atoms with Gasteiger partial charge >= 0.3 is 12.1 Å². The lowest BCUT2D eigenvalue weighted by Crippen LogP contribution is -2.57. The summed E-state index contributed by atoms with van der Waals surface area (Å²) in [5.74, 6) is -0.417. The molecule has 8 nitrogen and oxygen atoms in total. The molecule has 2 amide bonds. The average molecular weight is 542 g/mol. The highest BCUT2D eigenvalue weighted by molar-refractivity contribution is 6.06. The van der Waals surface area contributed by atoms with Crippen molar-refractivity contribution in [2.24, 2.45) is 0 Å². The Balaban J connectivity index is 1.33. The molecule has 0 atom stereocenters. The van der Waals surface area contributed by atoms with Crippen LogP contribution >= 0.6 is 0 Å². The van der Waals surface area contributed by atoms with E-state index in [0.29, 0.717) is 43.9 Å². The Hall–Kier alpha value is -4.33. The Kier molecular flexibility index (Phi) is 7.52. The number of likely N-dealkylation sites (tertiary alicyclic amines) is 1. The van der Waals surface area contributed by atoms with Crippen LogP contribution in [0.5, 0.6) is 0 Å². The van der Waals surface area contributed by atoms with E-state index in [1.54, 1.807) is 34.1 Å². The standard InChI is InChI=1S/C32H35N3O5/c1-31(2,3)40-28(36)25-14-16-26(17-15-25)34-23-35(27-12-8-5-9-13-27)32(29(34)37)18-20-33(21-19-32)30(38)39-22-24-10-6-4-7-11-24/h4-17H,18-23H2,1-3H3. The van der Waals surface area contributed by atoms with E-state index in [0.717, 1.165) is 11.3 Å². The number of benzene rings is 3. The van der Waals surface area contributed by atoms with Gasteiger partial charge in [0.15, 0.2) is 0 Å². The summed E-state index contributed by atoms with van der Waals surface area (Å²) < 4.78 is 11.0. The molecule has 0 radical (unpaired) electrons. The summed E-state index contributed by atoms with van der Waals surface area (Å²) in [4.78, 5) is 45.0. The number of hydrogen-bond donors (Lipinski definition) is 0. The molecule has 2 fully saturated rings. The first-order valence-electron chi connectivity index (χ1n) is 13.6. The molecule has 8 heteroatoms. The molecule has 2 aliphatic rings. The first-order chi connectivity index (χ1) is 19.2. The number of rotatable bonds is 5. The number of carbonyl (C=O) groups is 3. The highest BCUT2D eigenvalue weighted by Gasteiger charge is 2.54. The van der Waals surface area contributed by atoms with Gasteiger partial charge in [0.1, 0.15) is 17.7 Å². The molecular formula is C32H35N3O5. The van der Waals surface area contributed by atoms with Crippen molar-refractivity contribution in [3.05, 3.63) is 96.1 Å². The third kappa shape index (κ3) is 5.66. The Morgan fingerprint density at radius 1 is 0.825 bits per heavy atom. The Bertz CT molecular complexity index is 1340. The van der Waals surface area contributed by atoms with Crippen LogP contribution in [0.1, 0.15) is 49.5 Å². The number of hydrogen-bond acceptors (Lipinski definition) is 6. The average Bonchev–Trinajstić information content (AvgIpc) is 3.23. The highest BCUT2D eigenvalue weighted by atomic mass is 16.6. The van der Waals surface area contributed by atoms with Crippen molar-refractivity contribution < 1.29 is 23.9 Å². The van der Waals surface area contributed by atoms with E-state index >= 15 is 0 Å². The number of anilines is 2. The van der Waals surface area contributed by atoms with E-state index < -0.39 is 17.1 Å². The van der Waals surface area contributed by atoms with Gasteiger partial charge in [-0.25, -0.2) is 9.59 Å². The lowest BCUT2D eigenvalue weighted by Gasteiger charge is -2.42. The molecule has 3 aromatic rings. The number of nitrogens with zero attached hydrogens (tertiary/aromatic N) is 3. The maximum atomic E-state index is 14.1. The lowest BCUT2D eigenvalue weighted by atomic mass is 9.85. The molecule has 5 rings (SSSR count). The van der Waals surface area contributed by atoms with Crippen molar-refractivity contribution in [3.8, 4) is 0 Å². The fourth-order valence-electron chi connectivity index (χ4n) is 5.31. The maximum absolute atomic E-state index is 14.1. The van der Waals surface area contributed by atoms with E-state index in [4.69, 9.17) is 9.47 Å². The van der Waals surface area contributed by atoms with Crippen molar-refractivity contribution in [3.63, 3.8) is 0 Å². The minimum absolute atomic E-state index is 0.0151. The van der Waals surface area contributed by atoms with E-state index in [1.165, 1.54) is 0 Å². The zero-order valence-electron chi connectivity index (χ0n) is 23.2. The molecule has 0 aromatic heterocycles. The predicted molar refractivity (Wildman–Crippen MR) is 153 cm³/mol. The maximum Gasteiger partial charge on any atom is 0.410 e. The quantitative estimate of drug-likeness (QED) is 0.390. The first kappa shape index (κ1) is 27.2. The Morgan fingerprint density at radius 2 is 1.43 bits per heavy atom. The van der Waals surface area contributed by atoms with Crippen LogP contribution in [0, 0.1) is 0 Å². The summed E-state index contributed by atoms with van der Waals surface area (Å²) in [6, 6.07) is 26.4. The third-order valence-corrected chi connectivity index (χ3v) is 7.38. The summed E-state index contributed by atoms with van der Waals surface area (Å²) in [6.07, 6.45) is 0.589. The van der Waals surface area contributed by atoms with Crippen LogP contribution in [-0.2, 0) is 20.9 Å². The minimum Gasteiger partial charge on any atom is -0.456 e. The smallest absolute Gasteiger partial charge is 0.410 e. The van der Waals surface area contributed by atoms with Crippen LogP contribution in [0.3, 0.4) is 0 Å². The molecular weight excluding hydrogens is 506 g/mol. The molecule has 40 heavy (non-hydrogen) atoms. The van der Waals surface area contributed by atoms with Gasteiger partial charge in [-0.15, -0.1) is 0 Å².